The summed E-state index contributed by atoms with van der Waals surface area (Å²) in [5.74, 6) is 1.35. The van der Waals surface area contributed by atoms with E-state index in [1.807, 2.05) is 23.9 Å². The highest BCUT2D eigenvalue weighted by Crippen LogP contribution is 2.28. The molecule has 0 aromatic rings. The summed E-state index contributed by atoms with van der Waals surface area (Å²) in [4.78, 5) is 12.0. The number of rotatable bonds is 5. The Morgan fingerprint density at radius 1 is 1.30 bits per heavy atom. The molecule has 2 aliphatic rings. The standard InChI is InChI=1S/C15H26N2O2S/c1-2-20-14-5-3-4-12(9-14)16-15(19)17-13-7-6-11(8-13)10-18/h6-7,11-14,18H,2-5,8-10H2,1H3,(H2,16,17,19)/t11-,12?,13+,14?/m0/s1. The highest BCUT2D eigenvalue weighted by atomic mass is 32.2. The van der Waals surface area contributed by atoms with Crippen molar-refractivity contribution >= 4 is 17.8 Å². The second kappa shape index (κ2) is 7.93. The number of aliphatic hydroxyl groups is 1. The lowest BCUT2D eigenvalue weighted by molar-refractivity contribution is 0.225. The molecule has 0 aliphatic heterocycles. The Bertz CT molecular complexity index is 347. The second-order valence-corrected chi connectivity index (χ2v) is 7.31. The number of aliphatic hydroxyl groups excluding tert-OH is 1. The zero-order valence-corrected chi connectivity index (χ0v) is 13.0. The van der Waals surface area contributed by atoms with Gasteiger partial charge in [-0.05, 0) is 31.4 Å². The number of carbonyl (C=O) groups is 1. The van der Waals surface area contributed by atoms with Crippen LogP contribution in [-0.4, -0.2) is 40.8 Å². The summed E-state index contributed by atoms with van der Waals surface area (Å²) in [6.07, 6.45) is 9.44. The number of hydrogen-bond donors (Lipinski definition) is 3. The predicted molar refractivity (Wildman–Crippen MR) is 84.0 cm³/mol. The Morgan fingerprint density at radius 3 is 2.85 bits per heavy atom. The number of thioether (sulfide) groups is 1. The third-order valence-electron chi connectivity index (χ3n) is 4.09. The monoisotopic (exact) mass is 298 g/mol. The van der Waals surface area contributed by atoms with E-state index in [4.69, 9.17) is 5.11 Å². The van der Waals surface area contributed by atoms with Gasteiger partial charge in [0.15, 0.2) is 0 Å². The summed E-state index contributed by atoms with van der Waals surface area (Å²) in [6, 6.07) is 0.314. The van der Waals surface area contributed by atoms with Gasteiger partial charge in [0.1, 0.15) is 0 Å². The van der Waals surface area contributed by atoms with Crippen molar-refractivity contribution in [2.45, 2.75) is 56.4 Å². The number of nitrogens with one attached hydrogen (secondary N) is 2. The molecule has 2 unspecified atom stereocenters. The molecule has 1 saturated carbocycles. The molecule has 4 atom stereocenters. The van der Waals surface area contributed by atoms with Gasteiger partial charge in [-0.3, -0.25) is 0 Å². The van der Waals surface area contributed by atoms with Gasteiger partial charge < -0.3 is 15.7 Å². The van der Waals surface area contributed by atoms with E-state index >= 15 is 0 Å². The fourth-order valence-corrected chi connectivity index (χ4v) is 4.25. The van der Waals surface area contributed by atoms with Crippen molar-refractivity contribution in [3.8, 4) is 0 Å². The van der Waals surface area contributed by atoms with E-state index in [0.717, 1.165) is 25.0 Å². The summed E-state index contributed by atoms with van der Waals surface area (Å²) >= 11 is 2.01. The Kier molecular flexibility index (Phi) is 6.23. The van der Waals surface area contributed by atoms with Gasteiger partial charge in [-0.15, -0.1) is 0 Å². The smallest absolute Gasteiger partial charge is 0.315 e. The van der Waals surface area contributed by atoms with Gasteiger partial charge in [0.2, 0.25) is 0 Å². The van der Waals surface area contributed by atoms with Crippen LogP contribution in [0, 0.1) is 5.92 Å². The van der Waals surface area contributed by atoms with E-state index in [1.54, 1.807) is 0 Å². The van der Waals surface area contributed by atoms with Gasteiger partial charge in [0.05, 0.1) is 0 Å². The molecule has 1 fully saturated rings. The normalized spacial score (nSPS) is 33.1. The van der Waals surface area contributed by atoms with Crippen LogP contribution in [0.5, 0.6) is 0 Å². The fraction of sp³-hybridized carbons (Fsp3) is 0.800. The largest absolute Gasteiger partial charge is 0.396 e. The molecule has 4 nitrogen and oxygen atoms in total. The molecule has 20 heavy (non-hydrogen) atoms. The molecule has 5 heteroatoms. The Labute approximate surface area is 125 Å². The van der Waals surface area contributed by atoms with Gasteiger partial charge in [-0.2, -0.15) is 11.8 Å². The third kappa shape index (κ3) is 4.70. The summed E-state index contributed by atoms with van der Waals surface area (Å²) < 4.78 is 0. The number of carbonyl (C=O) groups excluding carboxylic acids is 1. The first-order valence-electron chi connectivity index (χ1n) is 7.69. The lowest BCUT2D eigenvalue weighted by atomic mass is 9.95. The summed E-state index contributed by atoms with van der Waals surface area (Å²) in [6.45, 7) is 2.35. The highest BCUT2D eigenvalue weighted by Gasteiger charge is 2.25. The molecule has 0 heterocycles. The SMILES string of the molecule is CCSC1CCCC(NC(=O)N[C@@H]2C=C[C@H](CO)C2)C1. The molecular weight excluding hydrogens is 272 g/mol. The summed E-state index contributed by atoms with van der Waals surface area (Å²) in [5, 5.41) is 15.9. The number of hydrogen-bond acceptors (Lipinski definition) is 3. The highest BCUT2D eigenvalue weighted by molar-refractivity contribution is 7.99. The molecule has 2 amide bonds. The number of urea groups is 1. The predicted octanol–water partition coefficient (Wildman–Crippen LogP) is 2.29. The van der Waals surface area contributed by atoms with Crippen molar-refractivity contribution in [2.24, 2.45) is 5.92 Å². The van der Waals surface area contributed by atoms with Crippen LogP contribution in [0.4, 0.5) is 4.79 Å². The Hall–Kier alpha value is -0.680. The minimum Gasteiger partial charge on any atom is -0.396 e. The Morgan fingerprint density at radius 2 is 2.15 bits per heavy atom. The summed E-state index contributed by atoms with van der Waals surface area (Å²) in [5.41, 5.74) is 0. The van der Waals surface area contributed by atoms with Gasteiger partial charge >= 0.3 is 6.03 Å². The Balaban J connectivity index is 1.70. The fourth-order valence-electron chi connectivity index (χ4n) is 3.08. The number of amides is 2. The topological polar surface area (TPSA) is 61.4 Å². The third-order valence-corrected chi connectivity index (χ3v) is 5.32. The van der Waals surface area contributed by atoms with E-state index in [1.165, 1.54) is 12.8 Å². The molecule has 2 aliphatic carbocycles. The molecule has 0 aromatic carbocycles. The first-order chi connectivity index (χ1) is 9.71. The molecule has 0 radical (unpaired) electrons. The first kappa shape index (κ1) is 15.7. The van der Waals surface area contributed by atoms with Crippen LogP contribution < -0.4 is 10.6 Å². The van der Waals surface area contributed by atoms with Gasteiger partial charge in [0.25, 0.3) is 0 Å². The molecule has 0 aromatic heterocycles. The van der Waals surface area contributed by atoms with E-state index in [0.29, 0.717) is 11.3 Å². The second-order valence-electron chi connectivity index (χ2n) is 5.73. The van der Waals surface area contributed by atoms with Gasteiger partial charge in [-0.1, -0.05) is 25.5 Å². The van der Waals surface area contributed by atoms with Crippen LogP contribution in [0.25, 0.3) is 0 Å². The molecule has 0 spiro atoms. The van der Waals surface area contributed by atoms with Gasteiger partial charge in [-0.25, -0.2) is 4.79 Å². The van der Waals surface area contributed by atoms with E-state index in [2.05, 4.69) is 17.6 Å². The molecule has 0 bridgehead atoms. The van der Waals surface area contributed by atoms with Crippen molar-refractivity contribution in [1.82, 2.24) is 10.6 Å². The van der Waals surface area contributed by atoms with E-state index in [-0.39, 0.29) is 24.6 Å². The quantitative estimate of drug-likeness (QED) is 0.682. The minimum absolute atomic E-state index is 0.0645. The van der Waals surface area contributed by atoms with Crippen LogP contribution in [0.3, 0.4) is 0 Å². The van der Waals surface area contributed by atoms with Crippen molar-refractivity contribution in [3.63, 3.8) is 0 Å². The zero-order valence-electron chi connectivity index (χ0n) is 12.2. The van der Waals surface area contributed by atoms with Gasteiger partial charge in [0, 0.05) is 29.9 Å². The first-order valence-corrected chi connectivity index (χ1v) is 8.74. The molecule has 0 saturated heterocycles. The van der Waals surface area contributed by atoms with Crippen LogP contribution in [0.15, 0.2) is 12.2 Å². The molecule has 3 N–H and O–H groups in total. The maximum atomic E-state index is 12.0. The van der Waals surface area contributed by atoms with Crippen molar-refractivity contribution in [1.29, 1.82) is 0 Å². The minimum atomic E-state index is -0.0645. The van der Waals surface area contributed by atoms with Crippen molar-refractivity contribution in [3.05, 3.63) is 12.2 Å². The average molecular weight is 298 g/mol. The molecule has 114 valence electrons. The van der Waals surface area contributed by atoms with Crippen molar-refractivity contribution in [2.75, 3.05) is 12.4 Å². The maximum absolute atomic E-state index is 12.0. The van der Waals surface area contributed by atoms with Crippen LogP contribution in [0.2, 0.25) is 0 Å². The van der Waals surface area contributed by atoms with Crippen LogP contribution in [0.1, 0.15) is 39.0 Å². The molecule has 2 rings (SSSR count). The van der Waals surface area contributed by atoms with E-state index in [9.17, 15) is 4.79 Å². The zero-order chi connectivity index (χ0) is 14.4. The molecular formula is C15H26N2O2S. The van der Waals surface area contributed by atoms with Crippen molar-refractivity contribution < 1.29 is 9.90 Å². The van der Waals surface area contributed by atoms with Crippen LogP contribution >= 0.6 is 11.8 Å². The maximum Gasteiger partial charge on any atom is 0.315 e. The van der Waals surface area contributed by atoms with E-state index < -0.39 is 0 Å². The van der Waals surface area contributed by atoms with Crippen LogP contribution in [-0.2, 0) is 0 Å². The average Bonchev–Trinajstić information content (AvgIpc) is 2.87. The lowest BCUT2D eigenvalue weighted by Gasteiger charge is -2.29. The lowest BCUT2D eigenvalue weighted by Crippen LogP contribution is -2.47. The summed E-state index contributed by atoms with van der Waals surface area (Å²) in [7, 11) is 0.